The smallest absolute Gasteiger partial charge is 0.245 e. The van der Waals surface area contributed by atoms with Crippen LogP contribution in [0, 0.1) is 0 Å². The molecular weight excluding hydrogens is 336 g/mol. The summed E-state index contributed by atoms with van der Waals surface area (Å²) in [5.74, 6) is 1.66. The maximum absolute atomic E-state index is 12.6. The van der Waals surface area contributed by atoms with Gasteiger partial charge in [0.25, 0.3) is 0 Å². The minimum absolute atomic E-state index is 0.00660. The lowest BCUT2D eigenvalue weighted by Gasteiger charge is -2.32. The molecule has 1 aliphatic rings. The van der Waals surface area contributed by atoms with Crippen LogP contribution in [0.4, 0.5) is 5.69 Å². The average molecular weight is 351 g/mol. The molecule has 100 valence electrons. The van der Waals surface area contributed by atoms with E-state index >= 15 is 0 Å². The molecule has 1 aromatic carbocycles. The zero-order valence-corrected chi connectivity index (χ0v) is 13.2. The van der Waals surface area contributed by atoms with Crippen LogP contribution in [0.25, 0.3) is 0 Å². The van der Waals surface area contributed by atoms with Crippen LogP contribution in [0.5, 0.6) is 0 Å². The normalized spacial score (nSPS) is 22.0. The second-order valence-corrected chi connectivity index (χ2v) is 8.15. The molecule has 0 bridgehead atoms. The molecule has 18 heavy (non-hydrogen) atoms. The fraction of sp³-hybridized carbons (Fsp3) is 0.455. The third-order valence-corrected chi connectivity index (χ3v) is 6.62. The van der Waals surface area contributed by atoms with E-state index in [2.05, 4.69) is 15.9 Å². The van der Waals surface area contributed by atoms with Crippen molar-refractivity contribution in [3.8, 4) is 0 Å². The Hall–Kier alpha value is -0.240. The molecule has 2 rings (SSSR count). The first-order chi connectivity index (χ1) is 8.43. The fourth-order valence-electron chi connectivity index (χ4n) is 1.93. The van der Waals surface area contributed by atoms with Crippen molar-refractivity contribution in [3.63, 3.8) is 0 Å². The number of sulfonamides is 1. The van der Waals surface area contributed by atoms with Gasteiger partial charge in [-0.1, -0.05) is 15.9 Å². The number of hydrogen-bond acceptors (Lipinski definition) is 4. The predicted octanol–water partition coefficient (Wildman–Crippen LogP) is 2.16. The van der Waals surface area contributed by atoms with Gasteiger partial charge >= 0.3 is 0 Å². The minimum Gasteiger partial charge on any atom is -0.398 e. The van der Waals surface area contributed by atoms with Crippen LogP contribution in [-0.2, 0) is 10.0 Å². The molecule has 0 amide bonds. The summed E-state index contributed by atoms with van der Waals surface area (Å²) in [7, 11) is -3.50. The Balaban J connectivity index is 2.44. The summed E-state index contributed by atoms with van der Waals surface area (Å²) in [5.41, 5.74) is 6.09. The van der Waals surface area contributed by atoms with Crippen LogP contribution in [0.2, 0.25) is 0 Å². The van der Waals surface area contributed by atoms with Crippen LogP contribution in [-0.4, -0.2) is 36.8 Å². The Bertz CT molecular complexity index is 548. The predicted molar refractivity (Wildman–Crippen MR) is 79.2 cm³/mol. The molecule has 0 aromatic heterocycles. The summed E-state index contributed by atoms with van der Waals surface area (Å²) in [5, 5.41) is 0. The summed E-state index contributed by atoms with van der Waals surface area (Å²) >= 11 is 5.06. The lowest BCUT2D eigenvalue weighted by atomic mass is 10.3. The molecule has 1 unspecified atom stereocenters. The Morgan fingerprint density at radius 3 is 2.89 bits per heavy atom. The van der Waals surface area contributed by atoms with Gasteiger partial charge < -0.3 is 5.73 Å². The molecule has 2 N–H and O–H groups in total. The van der Waals surface area contributed by atoms with Crippen molar-refractivity contribution in [2.45, 2.75) is 17.9 Å². The second-order valence-electron chi connectivity index (χ2n) is 4.22. The summed E-state index contributed by atoms with van der Waals surface area (Å²) in [6.45, 7) is 2.47. The molecule has 1 aliphatic heterocycles. The number of nitrogens with zero attached hydrogens (tertiary/aromatic N) is 1. The van der Waals surface area contributed by atoms with E-state index in [1.807, 2.05) is 6.92 Å². The monoisotopic (exact) mass is 350 g/mol. The standard InChI is InChI=1S/C11H15BrN2O2S2/c1-8-7-17-5-4-14(8)18(15,16)11-6-9(12)2-3-10(11)13/h2-3,6,8H,4-5,7,13H2,1H3. The van der Waals surface area contributed by atoms with E-state index in [9.17, 15) is 8.42 Å². The third kappa shape index (κ3) is 2.68. The van der Waals surface area contributed by atoms with Crippen LogP contribution in [0.3, 0.4) is 0 Å². The van der Waals surface area contributed by atoms with Crippen molar-refractivity contribution in [1.82, 2.24) is 4.31 Å². The lowest BCUT2D eigenvalue weighted by molar-refractivity contribution is 0.368. The van der Waals surface area contributed by atoms with E-state index in [0.717, 1.165) is 11.5 Å². The molecule has 1 fully saturated rings. The van der Waals surface area contributed by atoms with E-state index in [0.29, 0.717) is 16.7 Å². The van der Waals surface area contributed by atoms with Gasteiger partial charge in [0.05, 0.1) is 5.69 Å². The molecular formula is C11H15BrN2O2S2. The number of halogens is 1. The topological polar surface area (TPSA) is 63.4 Å². The van der Waals surface area contributed by atoms with E-state index in [1.54, 1.807) is 34.3 Å². The summed E-state index contributed by atoms with van der Waals surface area (Å²) in [6, 6.07) is 4.93. The molecule has 1 aromatic rings. The lowest BCUT2D eigenvalue weighted by Crippen LogP contribution is -2.44. The Kier molecular flexibility index (Phi) is 4.25. The van der Waals surface area contributed by atoms with Crippen LogP contribution in [0.15, 0.2) is 27.6 Å². The average Bonchev–Trinajstić information content (AvgIpc) is 2.32. The number of thioether (sulfide) groups is 1. The van der Waals surface area contributed by atoms with E-state index in [-0.39, 0.29) is 10.9 Å². The third-order valence-electron chi connectivity index (χ3n) is 2.87. The molecule has 4 nitrogen and oxygen atoms in total. The fourth-order valence-corrected chi connectivity index (χ4v) is 5.44. The highest BCUT2D eigenvalue weighted by Gasteiger charge is 2.32. The number of hydrogen-bond donors (Lipinski definition) is 1. The van der Waals surface area contributed by atoms with Crippen LogP contribution in [0.1, 0.15) is 6.92 Å². The van der Waals surface area contributed by atoms with Crippen molar-refractivity contribution in [1.29, 1.82) is 0 Å². The van der Waals surface area contributed by atoms with E-state index in [4.69, 9.17) is 5.73 Å². The van der Waals surface area contributed by atoms with Gasteiger partial charge in [-0.25, -0.2) is 8.42 Å². The highest BCUT2D eigenvalue weighted by molar-refractivity contribution is 9.10. The first kappa shape index (κ1) is 14.2. The highest BCUT2D eigenvalue weighted by atomic mass is 79.9. The van der Waals surface area contributed by atoms with Crippen LogP contribution < -0.4 is 5.73 Å². The van der Waals surface area contributed by atoms with Gasteiger partial charge in [0.1, 0.15) is 4.90 Å². The molecule has 1 saturated heterocycles. The van der Waals surface area contributed by atoms with Gasteiger partial charge in [-0.15, -0.1) is 0 Å². The first-order valence-corrected chi connectivity index (χ1v) is 8.96. The highest BCUT2D eigenvalue weighted by Crippen LogP contribution is 2.29. The largest absolute Gasteiger partial charge is 0.398 e. The van der Waals surface area contributed by atoms with Crippen molar-refractivity contribution in [3.05, 3.63) is 22.7 Å². The number of nitrogens with two attached hydrogens (primary N) is 1. The SMILES string of the molecule is CC1CSCCN1S(=O)(=O)c1cc(Br)ccc1N. The maximum Gasteiger partial charge on any atom is 0.245 e. The van der Waals surface area contributed by atoms with E-state index in [1.165, 1.54) is 0 Å². The summed E-state index contributed by atoms with van der Waals surface area (Å²) in [6.07, 6.45) is 0. The molecule has 1 atom stereocenters. The summed E-state index contributed by atoms with van der Waals surface area (Å²) < 4.78 is 27.4. The summed E-state index contributed by atoms with van der Waals surface area (Å²) in [4.78, 5) is 0.190. The maximum atomic E-state index is 12.6. The first-order valence-electron chi connectivity index (χ1n) is 5.57. The number of nitrogen functional groups attached to an aromatic ring is 1. The Morgan fingerprint density at radius 1 is 1.50 bits per heavy atom. The Morgan fingerprint density at radius 2 is 2.22 bits per heavy atom. The minimum atomic E-state index is -3.50. The van der Waals surface area contributed by atoms with E-state index < -0.39 is 10.0 Å². The van der Waals surface area contributed by atoms with Crippen molar-refractivity contribution in [2.24, 2.45) is 0 Å². The zero-order chi connectivity index (χ0) is 13.3. The zero-order valence-electron chi connectivity index (χ0n) is 9.97. The van der Waals surface area contributed by atoms with Crippen molar-refractivity contribution in [2.75, 3.05) is 23.8 Å². The Labute approximate surface area is 120 Å². The molecule has 0 saturated carbocycles. The number of anilines is 1. The van der Waals surface area contributed by atoms with Gasteiger partial charge in [0, 0.05) is 28.6 Å². The van der Waals surface area contributed by atoms with Gasteiger partial charge in [0.2, 0.25) is 10.0 Å². The molecule has 7 heteroatoms. The van der Waals surface area contributed by atoms with Gasteiger partial charge in [-0.05, 0) is 25.1 Å². The quantitative estimate of drug-likeness (QED) is 0.830. The molecule has 1 heterocycles. The second kappa shape index (κ2) is 5.40. The van der Waals surface area contributed by atoms with Crippen molar-refractivity contribution >= 4 is 43.4 Å². The van der Waals surface area contributed by atoms with Gasteiger partial charge in [-0.2, -0.15) is 16.1 Å². The molecule has 0 aliphatic carbocycles. The van der Waals surface area contributed by atoms with Gasteiger partial charge in [-0.3, -0.25) is 0 Å². The number of rotatable bonds is 2. The van der Waals surface area contributed by atoms with Crippen LogP contribution >= 0.6 is 27.7 Å². The van der Waals surface area contributed by atoms with Gasteiger partial charge in [0.15, 0.2) is 0 Å². The molecule has 0 spiro atoms. The molecule has 0 radical (unpaired) electrons. The van der Waals surface area contributed by atoms with Crippen molar-refractivity contribution < 1.29 is 8.42 Å². The number of benzene rings is 1.